The van der Waals surface area contributed by atoms with Crippen molar-refractivity contribution in [2.75, 3.05) is 18.0 Å². The van der Waals surface area contributed by atoms with E-state index in [0.29, 0.717) is 5.92 Å². The summed E-state index contributed by atoms with van der Waals surface area (Å²) in [5.41, 5.74) is 2.13. The van der Waals surface area contributed by atoms with Crippen LogP contribution in [-0.2, 0) is 0 Å². The van der Waals surface area contributed by atoms with Gasteiger partial charge in [-0.3, -0.25) is 0 Å². The van der Waals surface area contributed by atoms with E-state index >= 15 is 0 Å². The molecule has 2 aromatic rings. The van der Waals surface area contributed by atoms with Crippen molar-refractivity contribution >= 4 is 5.69 Å². The van der Waals surface area contributed by atoms with Crippen molar-refractivity contribution in [2.45, 2.75) is 5.92 Å². The van der Waals surface area contributed by atoms with Crippen LogP contribution in [0, 0.1) is 0 Å². The number of anilines is 1. The van der Waals surface area contributed by atoms with Crippen molar-refractivity contribution in [2.24, 2.45) is 0 Å². The molecule has 0 spiro atoms. The molecule has 1 aliphatic heterocycles. The number of phenolic OH excluding ortho intramolecular Hbond substituents is 2. The van der Waals surface area contributed by atoms with Gasteiger partial charge < -0.3 is 15.1 Å². The molecule has 3 rings (SSSR count). The van der Waals surface area contributed by atoms with E-state index in [-0.39, 0.29) is 11.5 Å². The number of nitrogens with zero attached hydrogens (tertiary/aromatic N) is 1. The van der Waals surface area contributed by atoms with Gasteiger partial charge in [0.1, 0.15) is 11.5 Å². The second-order valence-electron chi connectivity index (χ2n) is 4.68. The Kier molecular flexibility index (Phi) is 2.59. The van der Waals surface area contributed by atoms with Crippen molar-refractivity contribution < 1.29 is 10.2 Å². The third-order valence-corrected chi connectivity index (χ3v) is 3.46. The van der Waals surface area contributed by atoms with Crippen molar-refractivity contribution in [3.05, 3.63) is 54.1 Å². The van der Waals surface area contributed by atoms with Crippen LogP contribution in [0.4, 0.5) is 5.69 Å². The fourth-order valence-electron chi connectivity index (χ4n) is 2.40. The van der Waals surface area contributed by atoms with Crippen LogP contribution >= 0.6 is 0 Å². The van der Waals surface area contributed by atoms with Gasteiger partial charge in [-0.15, -0.1) is 0 Å². The molecule has 0 aromatic heterocycles. The number of hydrogen-bond donors (Lipinski definition) is 2. The molecule has 0 aliphatic carbocycles. The highest BCUT2D eigenvalue weighted by atomic mass is 16.3. The summed E-state index contributed by atoms with van der Waals surface area (Å²) in [5.74, 6) is 0.633. The average Bonchev–Trinajstić information content (AvgIpc) is 2.31. The largest absolute Gasteiger partial charge is 0.508 e. The van der Waals surface area contributed by atoms with Gasteiger partial charge in [-0.05, 0) is 18.2 Å². The topological polar surface area (TPSA) is 43.7 Å². The van der Waals surface area contributed by atoms with Crippen LogP contribution < -0.4 is 4.90 Å². The Labute approximate surface area is 106 Å². The number of hydrogen-bond acceptors (Lipinski definition) is 3. The van der Waals surface area contributed by atoms with Gasteiger partial charge in [0.2, 0.25) is 0 Å². The zero-order chi connectivity index (χ0) is 12.5. The summed E-state index contributed by atoms with van der Waals surface area (Å²) >= 11 is 0. The molecule has 2 N–H and O–H groups in total. The lowest BCUT2D eigenvalue weighted by Gasteiger charge is -2.41. The lowest BCUT2D eigenvalue weighted by Crippen LogP contribution is -2.45. The highest BCUT2D eigenvalue weighted by Crippen LogP contribution is 2.36. The molecule has 0 unspecified atom stereocenters. The molecule has 0 atom stereocenters. The SMILES string of the molecule is Oc1ccc(C2CN(c3ccccc3)C2)c(O)c1. The quantitative estimate of drug-likeness (QED) is 0.849. The Balaban J connectivity index is 1.72. The number of benzene rings is 2. The first kappa shape index (κ1) is 11.0. The summed E-state index contributed by atoms with van der Waals surface area (Å²) in [5, 5.41) is 19.1. The number of para-hydroxylation sites is 1. The molecule has 1 saturated heterocycles. The minimum absolute atomic E-state index is 0.107. The molecule has 3 heteroatoms. The lowest BCUT2D eigenvalue weighted by atomic mass is 9.90. The first-order valence-electron chi connectivity index (χ1n) is 6.06. The molecule has 1 heterocycles. The smallest absolute Gasteiger partial charge is 0.122 e. The first-order valence-corrected chi connectivity index (χ1v) is 6.06. The standard InChI is InChI=1S/C15H15NO2/c17-13-6-7-14(15(18)8-13)11-9-16(10-11)12-4-2-1-3-5-12/h1-8,11,17-18H,9-10H2. The molecule has 0 amide bonds. The molecule has 92 valence electrons. The van der Waals surface area contributed by atoms with E-state index in [2.05, 4.69) is 17.0 Å². The van der Waals surface area contributed by atoms with E-state index < -0.39 is 0 Å². The zero-order valence-corrected chi connectivity index (χ0v) is 9.95. The van der Waals surface area contributed by atoms with E-state index in [9.17, 15) is 10.2 Å². The van der Waals surface area contributed by atoms with Gasteiger partial charge >= 0.3 is 0 Å². The van der Waals surface area contributed by atoms with E-state index in [1.54, 1.807) is 12.1 Å². The fraction of sp³-hybridized carbons (Fsp3) is 0.200. The molecule has 18 heavy (non-hydrogen) atoms. The summed E-state index contributed by atoms with van der Waals surface area (Å²) in [6.07, 6.45) is 0. The van der Waals surface area contributed by atoms with Gasteiger partial charge in [-0.25, -0.2) is 0 Å². The summed E-state index contributed by atoms with van der Waals surface area (Å²) in [6, 6.07) is 15.1. The van der Waals surface area contributed by atoms with Crippen LogP contribution in [0.5, 0.6) is 11.5 Å². The maximum atomic E-state index is 9.81. The Morgan fingerprint density at radius 1 is 0.944 bits per heavy atom. The van der Waals surface area contributed by atoms with Crippen LogP contribution in [0.1, 0.15) is 11.5 Å². The van der Waals surface area contributed by atoms with Crippen LogP contribution in [0.25, 0.3) is 0 Å². The van der Waals surface area contributed by atoms with Gasteiger partial charge in [0.15, 0.2) is 0 Å². The second kappa shape index (κ2) is 4.26. The molecule has 1 aliphatic rings. The highest BCUT2D eigenvalue weighted by Gasteiger charge is 2.29. The van der Waals surface area contributed by atoms with Crippen LogP contribution in [0.2, 0.25) is 0 Å². The van der Waals surface area contributed by atoms with E-state index in [1.807, 2.05) is 18.2 Å². The maximum absolute atomic E-state index is 9.81. The zero-order valence-electron chi connectivity index (χ0n) is 9.95. The molecule has 1 fully saturated rings. The monoisotopic (exact) mass is 241 g/mol. The minimum atomic E-state index is 0.107. The van der Waals surface area contributed by atoms with Crippen molar-refractivity contribution in [3.8, 4) is 11.5 Å². The van der Waals surface area contributed by atoms with Gasteiger partial charge in [0.25, 0.3) is 0 Å². The lowest BCUT2D eigenvalue weighted by molar-refractivity contribution is 0.430. The Bertz CT molecular complexity index is 548. The summed E-state index contributed by atoms with van der Waals surface area (Å²) < 4.78 is 0. The van der Waals surface area contributed by atoms with Crippen LogP contribution in [0.3, 0.4) is 0 Å². The highest BCUT2D eigenvalue weighted by molar-refractivity contribution is 5.52. The second-order valence-corrected chi connectivity index (χ2v) is 4.68. The molecule has 0 saturated carbocycles. The normalized spacial score (nSPS) is 15.4. The van der Waals surface area contributed by atoms with Crippen molar-refractivity contribution in [1.29, 1.82) is 0 Å². The van der Waals surface area contributed by atoms with E-state index in [4.69, 9.17) is 0 Å². The third kappa shape index (κ3) is 1.88. The Morgan fingerprint density at radius 3 is 2.33 bits per heavy atom. The summed E-state index contributed by atoms with van der Waals surface area (Å²) in [4.78, 5) is 2.27. The first-order chi connectivity index (χ1) is 8.74. The number of aromatic hydroxyl groups is 2. The number of phenols is 2. The van der Waals surface area contributed by atoms with Gasteiger partial charge in [-0.2, -0.15) is 0 Å². The van der Waals surface area contributed by atoms with E-state index in [1.165, 1.54) is 11.8 Å². The Morgan fingerprint density at radius 2 is 1.67 bits per heavy atom. The molecular weight excluding hydrogens is 226 g/mol. The third-order valence-electron chi connectivity index (χ3n) is 3.46. The van der Waals surface area contributed by atoms with Gasteiger partial charge in [0.05, 0.1) is 0 Å². The van der Waals surface area contributed by atoms with Gasteiger partial charge in [0, 0.05) is 36.3 Å². The summed E-state index contributed by atoms with van der Waals surface area (Å²) in [6.45, 7) is 1.81. The Hall–Kier alpha value is -2.16. The summed E-state index contributed by atoms with van der Waals surface area (Å²) in [7, 11) is 0. The maximum Gasteiger partial charge on any atom is 0.122 e. The van der Waals surface area contributed by atoms with Crippen LogP contribution in [-0.4, -0.2) is 23.3 Å². The van der Waals surface area contributed by atoms with Crippen molar-refractivity contribution in [1.82, 2.24) is 0 Å². The van der Waals surface area contributed by atoms with Gasteiger partial charge in [-0.1, -0.05) is 24.3 Å². The molecule has 0 bridgehead atoms. The molecule has 2 aromatic carbocycles. The van der Waals surface area contributed by atoms with Crippen LogP contribution in [0.15, 0.2) is 48.5 Å². The molecule has 0 radical (unpaired) electrons. The minimum Gasteiger partial charge on any atom is -0.508 e. The van der Waals surface area contributed by atoms with E-state index in [0.717, 1.165) is 18.7 Å². The average molecular weight is 241 g/mol. The predicted octanol–water partition coefficient (Wildman–Crippen LogP) is 2.70. The predicted molar refractivity (Wildman–Crippen MR) is 71.2 cm³/mol. The molecule has 3 nitrogen and oxygen atoms in total. The van der Waals surface area contributed by atoms with Crippen molar-refractivity contribution in [3.63, 3.8) is 0 Å². The molecular formula is C15H15NO2. The number of rotatable bonds is 2. The fourth-order valence-corrected chi connectivity index (χ4v) is 2.40.